The highest BCUT2D eigenvalue weighted by Crippen LogP contribution is 2.38. The van der Waals surface area contributed by atoms with Gasteiger partial charge in [-0.1, -0.05) is 0 Å². The normalized spacial score (nSPS) is 14.5. The van der Waals surface area contributed by atoms with E-state index in [1.54, 1.807) is 25.7 Å². The third kappa shape index (κ3) is 5.57. The molecule has 37 heavy (non-hydrogen) atoms. The molecule has 2 aromatic heterocycles. The Bertz CT molecular complexity index is 1400. The van der Waals surface area contributed by atoms with Gasteiger partial charge in [-0.15, -0.1) is 0 Å². The first-order valence-electron chi connectivity index (χ1n) is 12.4. The monoisotopic (exact) mass is 495 g/mol. The summed E-state index contributed by atoms with van der Waals surface area (Å²) >= 11 is 0. The number of nitriles is 1. The molecule has 2 aromatic carbocycles. The standard InChI is InChI=1S/C29H29N5O3/c1-19(20-9-12-31-13-10-20)36-28-15-26-25(14-27(28)35-2)29(21(16-30)17-33-26)34-22-5-7-23(8-6-22)37-24-4-3-11-32-18-24/h3-8,11,14-15,17-20,31H,9-10,12-13H2,1-2H3,(H,33,34). The van der Waals surface area contributed by atoms with Crippen LogP contribution in [0.15, 0.2) is 67.1 Å². The average Bonchev–Trinajstić information content (AvgIpc) is 2.95. The van der Waals surface area contributed by atoms with Crippen LogP contribution in [-0.2, 0) is 0 Å². The van der Waals surface area contributed by atoms with E-state index in [1.807, 2.05) is 48.5 Å². The fraction of sp³-hybridized carbons (Fsp3) is 0.276. The summed E-state index contributed by atoms with van der Waals surface area (Å²) < 4.78 is 17.9. The Kier molecular flexibility index (Phi) is 7.33. The van der Waals surface area contributed by atoms with E-state index < -0.39 is 0 Å². The van der Waals surface area contributed by atoms with Gasteiger partial charge in [-0.2, -0.15) is 5.26 Å². The van der Waals surface area contributed by atoms with Crippen LogP contribution in [0.5, 0.6) is 23.0 Å². The van der Waals surface area contributed by atoms with Gasteiger partial charge in [0.15, 0.2) is 11.5 Å². The van der Waals surface area contributed by atoms with Crippen LogP contribution in [0.2, 0.25) is 0 Å². The van der Waals surface area contributed by atoms with Crippen molar-refractivity contribution in [3.63, 3.8) is 0 Å². The van der Waals surface area contributed by atoms with E-state index in [0.29, 0.717) is 45.7 Å². The van der Waals surface area contributed by atoms with E-state index in [1.165, 1.54) is 0 Å². The first-order valence-corrected chi connectivity index (χ1v) is 12.4. The summed E-state index contributed by atoms with van der Waals surface area (Å²) in [6, 6.07) is 17.2. The Morgan fingerprint density at radius 3 is 2.57 bits per heavy atom. The van der Waals surface area contributed by atoms with Crippen LogP contribution >= 0.6 is 0 Å². The van der Waals surface area contributed by atoms with Gasteiger partial charge in [0, 0.05) is 29.5 Å². The van der Waals surface area contributed by atoms with Gasteiger partial charge >= 0.3 is 0 Å². The Balaban J connectivity index is 1.42. The van der Waals surface area contributed by atoms with Crippen molar-refractivity contribution in [1.29, 1.82) is 5.26 Å². The summed E-state index contributed by atoms with van der Waals surface area (Å²) in [6.45, 7) is 4.13. The van der Waals surface area contributed by atoms with E-state index in [0.717, 1.165) is 37.0 Å². The molecular formula is C29H29N5O3. The molecule has 1 aliphatic rings. The lowest BCUT2D eigenvalue weighted by Crippen LogP contribution is -2.35. The third-order valence-electron chi connectivity index (χ3n) is 6.63. The minimum Gasteiger partial charge on any atom is -0.493 e. The number of pyridine rings is 2. The number of piperidine rings is 1. The lowest BCUT2D eigenvalue weighted by atomic mass is 9.93. The fourth-order valence-electron chi connectivity index (χ4n) is 4.58. The molecule has 0 radical (unpaired) electrons. The van der Waals surface area contributed by atoms with Crippen molar-refractivity contribution in [3.8, 4) is 29.1 Å². The van der Waals surface area contributed by atoms with Gasteiger partial charge in [0.05, 0.1) is 36.2 Å². The summed E-state index contributed by atoms with van der Waals surface area (Å²) in [5, 5.41) is 17.3. The number of nitrogens with one attached hydrogen (secondary N) is 2. The van der Waals surface area contributed by atoms with Crippen LogP contribution < -0.4 is 24.8 Å². The van der Waals surface area contributed by atoms with Crippen LogP contribution in [0.3, 0.4) is 0 Å². The minimum atomic E-state index is 0.0526. The molecule has 0 amide bonds. The maximum Gasteiger partial charge on any atom is 0.163 e. The van der Waals surface area contributed by atoms with E-state index in [4.69, 9.17) is 14.2 Å². The molecule has 1 aliphatic heterocycles. The molecule has 0 aliphatic carbocycles. The Hall–Kier alpha value is -4.35. The van der Waals surface area contributed by atoms with Crippen molar-refractivity contribution in [2.75, 3.05) is 25.5 Å². The topological polar surface area (TPSA) is 101 Å². The highest BCUT2D eigenvalue weighted by Gasteiger charge is 2.23. The molecule has 0 saturated carbocycles. The van der Waals surface area contributed by atoms with Crippen molar-refractivity contribution in [1.82, 2.24) is 15.3 Å². The van der Waals surface area contributed by atoms with Crippen molar-refractivity contribution < 1.29 is 14.2 Å². The second-order valence-corrected chi connectivity index (χ2v) is 9.03. The van der Waals surface area contributed by atoms with Crippen LogP contribution in [0.4, 0.5) is 11.4 Å². The summed E-state index contributed by atoms with van der Waals surface area (Å²) in [5.41, 5.74) is 2.61. The molecule has 1 unspecified atom stereocenters. The molecule has 8 nitrogen and oxygen atoms in total. The smallest absolute Gasteiger partial charge is 0.163 e. The quantitative estimate of drug-likeness (QED) is 0.316. The van der Waals surface area contributed by atoms with Gasteiger partial charge in [0.2, 0.25) is 0 Å². The third-order valence-corrected chi connectivity index (χ3v) is 6.63. The maximum absolute atomic E-state index is 9.79. The lowest BCUT2D eigenvalue weighted by Gasteiger charge is -2.29. The summed E-state index contributed by atoms with van der Waals surface area (Å²) in [7, 11) is 1.62. The van der Waals surface area contributed by atoms with Gasteiger partial charge in [-0.25, -0.2) is 0 Å². The molecule has 188 valence electrons. The summed E-state index contributed by atoms with van der Waals surface area (Å²) in [6.07, 6.45) is 7.16. The molecule has 8 heteroatoms. The van der Waals surface area contributed by atoms with Gasteiger partial charge in [0.25, 0.3) is 0 Å². The van der Waals surface area contributed by atoms with Gasteiger partial charge in [-0.3, -0.25) is 9.97 Å². The first-order chi connectivity index (χ1) is 18.1. The lowest BCUT2D eigenvalue weighted by molar-refractivity contribution is 0.124. The van der Waals surface area contributed by atoms with Gasteiger partial charge < -0.3 is 24.8 Å². The zero-order valence-electron chi connectivity index (χ0n) is 20.9. The van der Waals surface area contributed by atoms with Gasteiger partial charge in [0.1, 0.15) is 17.6 Å². The number of hydrogen-bond acceptors (Lipinski definition) is 8. The number of ether oxygens (including phenoxy) is 3. The largest absolute Gasteiger partial charge is 0.493 e. The van der Waals surface area contributed by atoms with E-state index in [2.05, 4.69) is 33.6 Å². The number of fused-ring (bicyclic) bond motifs is 1. The molecule has 4 aromatic rings. The van der Waals surface area contributed by atoms with Crippen molar-refractivity contribution >= 4 is 22.3 Å². The van der Waals surface area contributed by atoms with Crippen LogP contribution in [0, 0.1) is 17.2 Å². The molecule has 1 fully saturated rings. The Morgan fingerprint density at radius 1 is 1.05 bits per heavy atom. The minimum absolute atomic E-state index is 0.0526. The van der Waals surface area contributed by atoms with Crippen LogP contribution in [0.1, 0.15) is 25.3 Å². The number of anilines is 2. The SMILES string of the molecule is COc1cc2c(Nc3ccc(Oc4cccnc4)cc3)c(C#N)cnc2cc1OC(C)C1CCNCC1. The summed E-state index contributed by atoms with van der Waals surface area (Å²) in [4.78, 5) is 8.60. The highest BCUT2D eigenvalue weighted by molar-refractivity contribution is 5.97. The van der Waals surface area contributed by atoms with Gasteiger partial charge in [-0.05, 0) is 81.2 Å². The second-order valence-electron chi connectivity index (χ2n) is 9.03. The number of benzene rings is 2. The molecule has 0 spiro atoms. The first kappa shape index (κ1) is 24.3. The molecule has 0 bridgehead atoms. The molecule has 1 saturated heterocycles. The Morgan fingerprint density at radius 2 is 1.86 bits per heavy atom. The second kappa shape index (κ2) is 11.1. The van der Waals surface area contributed by atoms with Crippen LogP contribution in [-0.4, -0.2) is 36.3 Å². The zero-order chi connectivity index (χ0) is 25.6. The number of aromatic nitrogens is 2. The van der Waals surface area contributed by atoms with E-state index in [-0.39, 0.29) is 6.10 Å². The van der Waals surface area contributed by atoms with Crippen LogP contribution in [0.25, 0.3) is 10.9 Å². The van der Waals surface area contributed by atoms with Crippen molar-refractivity contribution in [2.45, 2.75) is 25.9 Å². The Labute approximate surface area is 216 Å². The fourth-order valence-corrected chi connectivity index (χ4v) is 4.58. The summed E-state index contributed by atoms with van der Waals surface area (Å²) in [5.74, 6) is 3.09. The zero-order valence-corrected chi connectivity index (χ0v) is 20.9. The molecule has 3 heterocycles. The molecule has 1 atom stereocenters. The van der Waals surface area contributed by atoms with E-state index in [9.17, 15) is 5.26 Å². The molecular weight excluding hydrogens is 466 g/mol. The number of nitrogens with zero attached hydrogens (tertiary/aromatic N) is 3. The van der Waals surface area contributed by atoms with E-state index >= 15 is 0 Å². The molecule has 5 rings (SSSR count). The van der Waals surface area contributed by atoms with Crippen molar-refractivity contribution in [2.24, 2.45) is 5.92 Å². The van der Waals surface area contributed by atoms with Crippen molar-refractivity contribution in [3.05, 3.63) is 72.7 Å². The number of methoxy groups -OCH3 is 1. The number of rotatable bonds is 8. The highest BCUT2D eigenvalue weighted by atomic mass is 16.5. The molecule has 2 N–H and O–H groups in total. The predicted octanol–water partition coefficient (Wildman–Crippen LogP) is 5.81. The maximum atomic E-state index is 9.79. The number of hydrogen-bond donors (Lipinski definition) is 2. The predicted molar refractivity (Wildman–Crippen MR) is 143 cm³/mol. The average molecular weight is 496 g/mol.